The van der Waals surface area contributed by atoms with Crippen LogP contribution < -0.4 is 16.4 Å². The number of hydrazine groups is 1. The van der Waals surface area contributed by atoms with E-state index < -0.39 is 11.8 Å². The van der Waals surface area contributed by atoms with Crippen molar-refractivity contribution in [3.63, 3.8) is 0 Å². The Hall–Kier alpha value is -2.59. The number of hydrogen-bond acceptors (Lipinski definition) is 7. The highest BCUT2D eigenvalue weighted by atomic mass is 32.2. The average molecular weight is 404 g/mol. The molecule has 3 aromatic heterocycles. The third-order valence-corrected chi connectivity index (χ3v) is 6.51. The lowest BCUT2D eigenvalue weighted by Crippen LogP contribution is -2.42. The molecule has 0 saturated heterocycles. The molecule has 4 rings (SSSR count). The Morgan fingerprint density at radius 3 is 3.00 bits per heavy atom. The first-order valence-electron chi connectivity index (χ1n) is 8.31. The first-order chi connectivity index (χ1) is 13.0. The third kappa shape index (κ3) is 3.37. The minimum Gasteiger partial charge on any atom is -0.459 e. The summed E-state index contributed by atoms with van der Waals surface area (Å²) in [5, 5.41) is 1.19. The Morgan fingerprint density at radius 2 is 2.22 bits per heavy atom. The fourth-order valence-electron chi connectivity index (χ4n) is 3.00. The second-order valence-corrected chi connectivity index (χ2v) is 8.09. The summed E-state index contributed by atoms with van der Waals surface area (Å²) in [6.07, 6.45) is 4.38. The smallest absolute Gasteiger partial charge is 0.305 e. The van der Waals surface area contributed by atoms with Crippen LogP contribution in [0.3, 0.4) is 0 Å². The molecule has 10 heteroatoms. The van der Waals surface area contributed by atoms with E-state index >= 15 is 0 Å². The Kier molecular flexibility index (Phi) is 4.75. The van der Waals surface area contributed by atoms with Crippen molar-refractivity contribution in [1.29, 1.82) is 0 Å². The van der Waals surface area contributed by atoms with Crippen LogP contribution in [0.1, 0.15) is 27.4 Å². The number of carbonyl (C=O) groups is 2. The average Bonchev–Trinajstić information content (AvgIpc) is 3.38. The van der Waals surface area contributed by atoms with Crippen molar-refractivity contribution in [3.8, 4) is 0 Å². The van der Waals surface area contributed by atoms with Crippen molar-refractivity contribution in [3.05, 3.63) is 45.0 Å². The molecule has 3 heterocycles. The number of aromatic nitrogens is 2. The SMILES string of the molecule is Cn1c(SCC(=O)NNC(=O)c2ccco2)nc2sc3c(c2c1=O)CCC3. The largest absolute Gasteiger partial charge is 0.459 e. The van der Waals surface area contributed by atoms with E-state index in [0.717, 1.165) is 46.8 Å². The van der Waals surface area contributed by atoms with Gasteiger partial charge < -0.3 is 4.42 Å². The Balaban J connectivity index is 1.43. The molecule has 3 aromatic rings. The summed E-state index contributed by atoms with van der Waals surface area (Å²) in [6, 6.07) is 3.07. The van der Waals surface area contributed by atoms with Crippen LogP contribution >= 0.6 is 23.1 Å². The maximum atomic E-state index is 12.7. The van der Waals surface area contributed by atoms with Gasteiger partial charge in [0.15, 0.2) is 10.9 Å². The zero-order valence-corrected chi connectivity index (χ0v) is 16.0. The normalized spacial score (nSPS) is 12.9. The van der Waals surface area contributed by atoms with Crippen LogP contribution in [0, 0.1) is 0 Å². The van der Waals surface area contributed by atoms with Crippen LogP contribution in [-0.4, -0.2) is 27.1 Å². The second kappa shape index (κ2) is 7.20. The Bertz CT molecular complexity index is 1080. The van der Waals surface area contributed by atoms with Crippen molar-refractivity contribution in [1.82, 2.24) is 20.4 Å². The van der Waals surface area contributed by atoms with Crippen molar-refractivity contribution in [2.75, 3.05) is 5.75 Å². The highest BCUT2D eigenvalue weighted by Crippen LogP contribution is 2.35. The standard InChI is InChI=1S/C17H16N4O4S2/c1-21-16(24)13-9-4-2-6-11(9)27-15(13)18-17(21)26-8-12(22)19-20-14(23)10-5-3-7-25-10/h3,5,7H,2,4,6,8H2,1H3,(H,19,22)(H,20,23). The van der Waals surface area contributed by atoms with Gasteiger partial charge in [0.2, 0.25) is 5.91 Å². The van der Waals surface area contributed by atoms with Gasteiger partial charge in [0.1, 0.15) is 4.83 Å². The Morgan fingerprint density at radius 1 is 1.37 bits per heavy atom. The number of nitrogens with one attached hydrogen (secondary N) is 2. The van der Waals surface area contributed by atoms with Crippen LogP contribution in [0.5, 0.6) is 0 Å². The van der Waals surface area contributed by atoms with Gasteiger partial charge in [-0.25, -0.2) is 4.98 Å². The van der Waals surface area contributed by atoms with Gasteiger partial charge in [0.05, 0.1) is 17.4 Å². The van der Waals surface area contributed by atoms with Crippen LogP contribution in [0.25, 0.3) is 10.2 Å². The molecule has 0 bridgehead atoms. The summed E-state index contributed by atoms with van der Waals surface area (Å²) in [4.78, 5) is 42.9. The molecule has 0 spiro atoms. The second-order valence-electron chi connectivity index (χ2n) is 6.06. The van der Waals surface area contributed by atoms with Crippen LogP contribution in [0.4, 0.5) is 0 Å². The van der Waals surface area contributed by atoms with Gasteiger partial charge in [-0.2, -0.15) is 0 Å². The number of aryl methyl sites for hydroxylation is 2. The number of furan rings is 1. The molecule has 2 N–H and O–H groups in total. The van der Waals surface area contributed by atoms with E-state index in [2.05, 4.69) is 15.8 Å². The highest BCUT2D eigenvalue weighted by molar-refractivity contribution is 7.99. The monoisotopic (exact) mass is 404 g/mol. The fourth-order valence-corrected chi connectivity index (χ4v) is 5.07. The number of amides is 2. The molecule has 0 fully saturated rings. The van der Waals surface area contributed by atoms with E-state index in [4.69, 9.17) is 4.42 Å². The van der Waals surface area contributed by atoms with E-state index in [-0.39, 0.29) is 17.1 Å². The molecule has 1 aliphatic carbocycles. The lowest BCUT2D eigenvalue weighted by molar-refractivity contribution is -0.119. The van der Waals surface area contributed by atoms with Crippen molar-refractivity contribution in [2.24, 2.45) is 7.05 Å². The van der Waals surface area contributed by atoms with Crippen molar-refractivity contribution >= 4 is 45.1 Å². The lowest BCUT2D eigenvalue weighted by Gasteiger charge is -2.08. The van der Waals surface area contributed by atoms with Gasteiger partial charge in [-0.3, -0.25) is 29.8 Å². The van der Waals surface area contributed by atoms with Crippen LogP contribution in [0.15, 0.2) is 32.8 Å². The van der Waals surface area contributed by atoms with Gasteiger partial charge in [0.25, 0.3) is 5.56 Å². The number of carbonyl (C=O) groups excluding carboxylic acids is 2. The fraction of sp³-hybridized carbons (Fsp3) is 0.294. The summed E-state index contributed by atoms with van der Waals surface area (Å²) in [7, 11) is 1.66. The summed E-state index contributed by atoms with van der Waals surface area (Å²) in [5.74, 6) is -0.848. The first kappa shape index (κ1) is 17.8. The lowest BCUT2D eigenvalue weighted by atomic mass is 10.2. The number of fused-ring (bicyclic) bond motifs is 3. The zero-order valence-electron chi connectivity index (χ0n) is 14.4. The molecule has 0 unspecified atom stereocenters. The van der Waals surface area contributed by atoms with Crippen LogP contribution in [-0.2, 0) is 24.7 Å². The highest BCUT2D eigenvalue weighted by Gasteiger charge is 2.22. The molecular weight excluding hydrogens is 388 g/mol. The first-order valence-corrected chi connectivity index (χ1v) is 10.1. The van der Waals surface area contributed by atoms with Crippen molar-refractivity contribution in [2.45, 2.75) is 24.4 Å². The quantitative estimate of drug-likeness (QED) is 0.389. The molecule has 0 atom stereocenters. The van der Waals surface area contributed by atoms with Gasteiger partial charge in [0, 0.05) is 11.9 Å². The third-order valence-electron chi connectivity index (χ3n) is 4.30. The summed E-state index contributed by atoms with van der Waals surface area (Å²) < 4.78 is 6.42. The molecule has 0 aromatic carbocycles. The van der Waals surface area contributed by atoms with Gasteiger partial charge in [-0.05, 0) is 37.0 Å². The van der Waals surface area contributed by atoms with Gasteiger partial charge in [-0.15, -0.1) is 11.3 Å². The number of thiophene rings is 1. The minimum absolute atomic E-state index is 0.00924. The molecule has 8 nitrogen and oxygen atoms in total. The van der Waals surface area contributed by atoms with Crippen molar-refractivity contribution < 1.29 is 14.0 Å². The number of thioether (sulfide) groups is 1. The van der Waals surface area contributed by atoms with E-state index in [1.54, 1.807) is 24.5 Å². The summed E-state index contributed by atoms with van der Waals surface area (Å²) in [6.45, 7) is 0. The molecule has 27 heavy (non-hydrogen) atoms. The van der Waals surface area contributed by atoms with E-state index in [9.17, 15) is 14.4 Å². The zero-order chi connectivity index (χ0) is 19.0. The molecule has 140 valence electrons. The molecule has 2 amide bonds. The topological polar surface area (TPSA) is 106 Å². The van der Waals surface area contributed by atoms with Crippen LogP contribution in [0.2, 0.25) is 0 Å². The number of hydrogen-bond donors (Lipinski definition) is 2. The van der Waals surface area contributed by atoms with Gasteiger partial charge >= 0.3 is 5.91 Å². The minimum atomic E-state index is -0.543. The van der Waals surface area contributed by atoms with E-state index in [0.29, 0.717) is 5.16 Å². The summed E-state index contributed by atoms with van der Waals surface area (Å²) in [5.41, 5.74) is 5.64. The number of nitrogens with zero attached hydrogens (tertiary/aromatic N) is 2. The summed E-state index contributed by atoms with van der Waals surface area (Å²) >= 11 is 2.71. The molecule has 1 aliphatic rings. The van der Waals surface area contributed by atoms with Gasteiger partial charge in [-0.1, -0.05) is 11.8 Å². The molecule has 0 saturated carbocycles. The predicted octanol–water partition coefficient (Wildman–Crippen LogP) is 1.63. The maximum absolute atomic E-state index is 12.7. The van der Waals surface area contributed by atoms with E-state index in [1.807, 2.05) is 0 Å². The molecular formula is C17H16N4O4S2. The Labute approximate surface area is 161 Å². The number of rotatable bonds is 4. The maximum Gasteiger partial charge on any atom is 0.305 e. The van der Waals surface area contributed by atoms with E-state index in [1.165, 1.54) is 21.8 Å². The molecule has 0 radical (unpaired) electrons. The molecule has 0 aliphatic heterocycles. The predicted molar refractivity (Wildman–Crippen MR) is 102 cm³/mol.